The number of carbonyl (C=O) groups excluding carboxylic acids is 2. The Morgan fingerprint density at radius 2 is 1.30 bits per heavy atom. The molecule has 5 heteroatoms. The van der Waals surface area contributed by atoms with Crippen LogP contribution in [0, 0.1) is 0 Å². The molecule has 0 saturated heterocycles. The maximum atomic E-state index is 11.3. The first-order chi connectivity index (χ1) is 8.70. The van der Waals surface area contributed by atoms with E-state index in [4.69, 9.17) is 0 Å². The normalized spacial score (nSPS) is 9.30. The molecule has 0 fully saturated rings. The van der Waals surface area contributed by atoms with Gasteiger partial charge in [0.05, 0.1) is 7.11 Å². The van der Waals surface area contributed by atoms with Gasteiger partial charge in [-0.2, -0.15) is 0 Å². The van der Waals surface area contributed by atoms with Crippen molar-refractivity contribution < 1.29 is 76.3 Å². The van der Waals surface area contributed by atoms with Crippen molar-refractivity contribution in [3.8, 4) is 0 Å². The largest absolute Gasteiger partial charge is 1.00 e. The average Bonchev–Trinajstić information content (AvgIpc) is 2.36. The fourth-order valence-electron chi connectivity index (χ4n) is 1.95. The molecule has 0 rings (SSSR count). The molecule has 0 aromatic carbocycles. The number of carbonyl (C=O) groups is 2. The molecule has 3 nitrogen and oxygen atoms in total. The minimum atomic E-state index is -0.420. The van der Waals surface area contributed by atoms with Crippen LogP contribution in [0.15, 0.2) is 0 Å². The van der Waals surface area contributed by atoms with Gasteiger partial charge in [0.15, 0.2) is 0 Å². The van der Waals surface area contributed by atoms with Crippen molar-refractivity contribution >= 4 is 11.8 Å². The molecule has 0 radical (unpaired) electrons. The van der Waals surface area contributed by atoms with Crippen LogP contribution in [-0.4, -0.2) is 18.9 Å². The van der Waals surface area contributed by atoms with E-state index in [0.717, 1.165) is 12.8 Å². The van der Waals surface area contributed by atoms with Gasteiger partial charge in [-0.15, -0.1) is 0 Å². The molecule has 0 amide bonds. The summed E-state index contributed by atoms with van der Waals surface area (Å²) < 4.78 is 4.45. The van der Waals surface area contributed by atoms with Gasteiger partial charge in [0.25, 0.3) is 0 Å². The third kappa shape index (κ3) is 19.1. The SMILES string of the molecule is CCCCCCCCCCCC(=O)CC(=O)OC.[H-].[H-].[Na+].[Na+]. The van der Waals surface area contributed by atoms with E-state index in [0.29, 0.717) is 6.42 Å². The summed E-state index contributed by atoms with van der Waals surface area (Å²) >= 11 is 0. The van der Waals surface area contributed by atoms with Gasteiger partial charge in [0.2, 0.25) is 0 Å². The first kappa shape index (κ1) is 26.1. The zero-order valence-electron chi connectivity index (χ0n) is 16.0. The average molecular weight is 304 g/mol. The Morgan fingerprint density at radius 3 is 1.75 bits per heavy atom. The van der Waals surface area contributed by atoms with Gasteiger partial charge in [-0.25, -0.2) is 0 Å². The van der Waals surface area contributed by atoms with Crippen LogP contribution in [0.1, 0.15) is 80.4 Å². The van der Waals surface area contributed by atoms with Crippen LogP contribution >= 0.6 is 0 Å². The maximum absolute atomic E-state index is 11.3. The number of rotatable bonds is 12. The molecule has 0 spiro atoms. The summed E-state index contributed by atoms with van der Waals surface area (Å²) in [5, 5.41) is 0. The zero-order valence-corrected chi connectivity index (χ0v) is 18.0. The molecular weight excluding hydrogens is 274 g/mol. The van der Waals surface area contributed by atoms with Crippen LogP contribution in [-0.2, 0) is 14.3 Å². The van der Waals surface area contributed by atoms with Gasteiger partial charge < -0.3 is 7.59 Å². The van der Waals surface area contributed by atoms with Crippen molar-refractivity contribution in [1.29, 1.82) is 0 Å². The predicted octanol–water partition coefficient (Wildman–Crippen LogP) is -1.73. The van der Waals surface area contributed by atoms with E-state index in [-0.39, 0.29) is 74.2 Å². The molecule has 0 unspecified atom stereocenters. The summed E-state index contributed by atoms with van der Waals surface area (Å²) in [6, 6.07) is 0. The minimum Gasteiger partial charge on any atom is -1.00 e. The maximum Gasteiger partial charge on any atom is 1.00 e. The summed E-state index contributed by atoms with van der Waals surface area (Å²) in [6.07, 6.45) is 11.6. The summed E-state index contributed by atoms with van der Waals surface area (Å²) in [5.74, 6) is -0.416. The molecule has 0 atom stereocenters. The van der Waals surface area contributed by atoms with Crippen molar-refractivity contribution in [3.05, 3.63) is 0 Å². The van der Waals surface area contributed by atoms with E-state index in [1.54, 1.807) is 0 Å². The Kier molecular flexibility index (Phi) is 26.2. The van der Waals surface area contributed by atoms with E-state index < -0.39 is 5.97 Å². The summed E-state index contributed by atoms with van der Waals surface area (Å²) in [6.45, 7) is 2.23. The number of Topliss-reactive ketones (excluding diaryl/α,β-unsaturated/α-hetero) is 1. The first-order valence-electron chi connectivity index (χ1n) is 7.29. The molecule has 110 valence electrons. The molecule has 0 heterocycles. The van der Waals surface area contributed by atoms with E-state index in [9.17, 15) is 9.59 Å². The molecule has 0 bridgehead atoms. The number of esters is 1. The van der Waals surface area contributed by atoms with Crippen molar-refractivity contribution in [1.82, 2.24) is 0 Å². The number of ketones is 1. The molecule has 20 heavy (non-hydrogen) atoms. The molecule has 0 N–H and O–H groups in total. The second kappa shape index (κ2) is 20.1. The Morgan fingerprint density at radius 1 is 0.850 bits per heavy atom. The van der Waals surface area contributed by atoms with Gasteiger partial charge >= 0.3 is 65.1 Å². The van der Waals surface area contributed by atoms with Crippen molar-refractivity contribution in [2.75, 3.05) is 7.11 Å². The van der Waals surface area contributed by atoms with E-state index >= 15 is 0 Å². The molecule has 0 aromatic heterocycles. The molecule has 0 saturated carbocycles. The second-order valence-electron chi connectivity index (χ2n) is 4.87. The van der Waals surface area contributed by atoms with Crippen molar-refractivity contribution in [3.63, 3.8) is 0 Å². The van der Waals surface area contributed by atoms with Crippen molar-refractivity contribution in [2.45, 2.75) is 77.6 Å². The van der Waals surface area contributed by atoms with Crippen LogP contribution in [0.5, 0.6) is 0 Å². The topological polar surface area (TPSA) is 43.4 Å². The van der Waals surface area contributed by atoms with Gasteiger partial charge in [0.1, 0.15) is 12.2 Å². The predicted molar refractivity (Wildman–Crippen MR) is 75.7 cm³/mol. The van der Waals surface area contributed by atoms with Crippen LogP contribution in [0.25, 0.3) is 0 Å². The Bertz CT molecular complexity index is 243. The zero-order chi connectivity index (χ0) is 13.6. The number of hydrogen-bond acceptors (Lipinski definition) is 3. The van der Waals surface area contributed by atoms with Gasteiger partial charge in [-0.1, -0.05) is 58.3 Å². The van der Waals surface area contributed by atoms with Crippen LogP contribution in [0.2, 0.25) is 0 Å². The Balaban J connectivity index is -0.000000241. The first-order valence-corrected chi connectivity index (χ1v) is 7.29. The standard InChI is InChI=1S/C15H28O3.2Na.2H/c1-3-4-5-6-7-8-9-10-11-12-14(16)13-15(17)18-2;;;;/h3-13H2,1-2H3;;;;/q;2*+1;2*-1. The van der Waals surface area contributed by atoms with Crippen LogP contribution < -0.4 is 59.1 Å². The summed E-state index contributed by atoms with van der Waals surface area (Å²) in [4.78, 5) is 22.2. The Hall–Kier alpha value is 1.14. The molecule has 0 aromatic rings. The number of unbranched alkanes of at least 4 members (excludes halogenated alkanes) is 8. The van der Waals surface area contributed by atoms with E-state index in [2.05, 4.69) is 11.7 Å². The minimum absolute atomic E-state index is 0. The monoisotopic (exact) mass is 304 g/mol. The number of ether oxygens (including phenoxy) is 1. The molecular formula is C15H30Na2O3. The third-order valence-electron chi connectivity index (χ3n) is 3.13. The van der Waals surface area contributed by atoms with Gasteiger partial charge in [-0.05, 0) is 6.42 Å². The van der Waals surface area contributed by atoms with Crippen LogP contribution in [0.3, 0.4) is 0 Å². The summed E-state index contributed by atoms with van der Waals surface area (Å²) in [7, 11) is 1.31. The quantitative estimate of drug-likeness (QED) is 0.186. The molecule has 0 aliphatic rings. The van der Waals surface area contributed by atoms with E-state index in [1.807, 2.05) is 0 Å². The van der Waals surface area contributed by atoms with Crippen molar-refractivity contribution in [2.24, 2.45) is 0 Å². The molecule has 0 aliphatic carbocycles. The smallest absolute Gasteiger partial charge is 1.00 e. The second-order valence-corrected chi connectivity index (χ2v) is 4.87. The fourth-order valence-corrected chi connectivity index (χ4v) is 1.95. The summed E-state index contributed by atoms with van der Waals surface area (Å²) in [5.41, 5.74) is 0. The number of hydrogen-bond donors (Lipinski definition) is 0. The Labute approximate surface area is 171 Å². The molecule has 0 aliphatic heterocycles. The fraction of sp³-hybridized carbons (Fsp3) is 0.867. The van der Waals surface area contributed by atoms with Crippen LogP contribution in [0.4, 0.5) is 0 Å². The van der Waals surface area contributed by atoms with Gasteiger partial charge in [-0.3, -0.25) is 9.59 Å². The van der Waals surface area contributed by atoms with E-state index in [1.165, 1.54) is 52.1 Å². The third-order valence-corrected chi connectivity index (χ3v) is 3.13. The number of methoxy groups -OCH3 is 1. The van der Waals surface area contributed by atoms with Gasteiger partial charge in [0, 0.05) is 6.42 Å².